The zero-order chi connectivity index (χ0) is 23.7. The second-order valence-corrected chi connectivity index (χ2v) is 8.36. The first kappa shape index (κ1) is 22.1. The van der Waals surface area contributed by atoms with E-state index in [2.05, 4.69) is 15.0 Å². The molecule has 3 N–H and O–H groups in total. The average Bonchev–Trinajstić information content (AvgIpc) is 3.32. The molecule has 4 heterocycles. The van der Waals surface area contributed by atoms with E-state index in [-0.39, 0.29) is 11.9 Å². The van der Waals surface area contributed by atoms with Gasteiger partial charge in [-0.2, -0.15) is 0 Å². The van der Waals surface area contributed by atoms with E-state index in [1.54, 1.807) is 12.3 Å². The number of nitrogens with one attached hydrogen (secondary N) is 1. The summed E-state index contributed by atoms with van der Waals surface area (Å²) in [5.74, 6) is -0.613. The standard InChI is InChI=1S/C23H25FN6O4/c24-14-11-17(16-1-4-26-18(16)12-14)19-13-20(29-7-9-33-10-8-29)28-21(27-19)22(31)34-15-2-5-30(6-3-15)23(25)32/h1,4,11-13,15,26H,2-3,5-10H2,(H2,25,32). The van der Waals surface area contributed by atoms with Crippen molar-refractivity contribution in [3.05, 3.63) is 42.1 Å². The second-order valence-electron chi connectivity index (χ2n) is 8.36. The molecule has 2 aromatic heterocycles. The first-order valence-electron chi connectivity index (χ1n) is 11.2. The van der Waals surface area contributed by atoms with Crippen LogP contribution in [-0.2, 0) is 9.47 Å². The normalized spacial score (nSPS) is 17.2. The number of carbonyl (C=O) groups is 2. The number of likely N-dealkylation sites (tertiary alicyclic amines) is 1. The summed E-state index contributed by atoms with van der Waals surface area (Å²) >= 11 is 0. The maximum absolute atomic E-state index is 14.4. The van der Waals surface area contributed by atoms with Crippen molar-refractivity contribution in [1.29, 1.82) is 0 Å². The maximum atomic E-state index is 14.4. The van der Waals surface area contributed by atoms with Crippen LogP contribution in [0.4, 0.5) is 15.0 Å². The number of aromatic nitrogens is 3. The zero-order valence-corrected chi connectivity index (χ0v) is 18.5. The third-order valence-corrected chi connectivity index (χ3v) is 6.17. The summed E-state index contributed by atoms with van der Waals surface area (Å²) in [7, 11) is 0. The van der Waals surface area contributed by atoms with Crippen LogP contribution in [0.5, 0.6) is 0 Å². The third kappa shape index (κ3) is 4.51. The molecular weight excluding hydrogens is 443 g/mol. The number of aromatic amines is 1. The van der Waals surface area contributed by atoms with E-state index in [9.17, 15) is 14.0 Å². The van der Waals surface area contributed by atoms with Crippen LogP contribution in [0.1, 0.15) is 23.5 Å². The van der Waals surface area contributed by atoms with Crippen LogP contribution in [0, 0.1) is 5.82 Å². The van der Waals surface area contributed by atoms with Crippen LogP contribution in [0.25, 0.3) is 22.2 Å². The minimum absolute atomic E-state index is 0.0933. The smallest absolute Gasteiger partial charge is 0.376 e. The number of anilines is 1. The molecular formula is C23H25FN6O4. The predicted molar refractivity (Wildman–Crippen MR) is 122 cm³/mol. The monoisotopic (exact) mass is 468 g/mol. The highest BCUT2D eigenvalue weighted by Gasteiger charge is 2.27. The van der Waals surface area contributed by atoms with E-state index in [4.69, 9.17) is 15.2 Å². The number of hydrogen-bond donors (Lipinski definition) is 2. The molecule has 0 atom stereocenters. The van der Waals surface area contributed by atoms with Gasteiger partial charge in [0.25, 0.3) is 0 Å². The molecule has 0 bridgehead atoms. The Kier molecular flexibility index (Phi) is 6.01. The lowest BCUT2D eigenvalue weighted by Crippen LogP contribution is -2.44. The van der Waals surface area contributed by atoms with E-state index in [0.717, 1.165) is 5.39 Å². The van der Waals surface area contributed by atoms with Gasteiger partial charge in [-0.3, -0.25) is 0 Å². The number of H-pyrrole nitrogens is 1. The van der Waals surface area contributed by atoms with Crippen LogP contribution in [0.15, 0.2) is 30.5 Å². The topological polar surface area (TPSA) is 127 Å². The van der Waals surface area contributed by atoms with Crippen LogP contribution < -0.4 is 10.6 Å². The summed E-state index contributed by atoms with van der Waals surface area (Å²) in [6.07, 6.45) is 2.33. The second kappa shape index (κ2) is 9.26. The van der Waals surface area contributed by atoms with Crippen molar-refractivity contribution in [2.24, 2.45) is 5.73 Å². The van der Waals surface area contributed by atoms with Gasteiger partial charge in [0.15, 0.2) is 0 Å². The molecule has 1 aromatic carbocycles. The van der Waals surface area contributed by atoms with Gasteiger partial charge < -0.3 is 30.0 Å². The molecule has 2 amide bonds. The lowest BCUT2D eigenvalue weighted by Gasteiger charge is -2.30. The molecule has 11 heteroatoms. The lowest BCUT2D eigenvalue weighted by atomic mass is 10.1. The minimum atomic E-state index is -0.657. The Morgan fingerprint density at radius 3 is 2.62 bits per heavy atom. The third-order valence-electron chi connectivity index (χ3n) is 6.17. The van der Waals surface area contributed by atoms with Crippen LogP contribution in [0.2, 0.25) is 0 Å². The molecule has 2 fully saturated rings. The van der Waals surface area contributed by atoms with Gasteiger partial charge in [-0.15, -0.1) is 0 Å². The number of rotatable bonds is 4. The van der Waals surface area contributed by atoms with Gasteiger partial charge in [-0.25, -0.2) is 23.9 Å². The quantitative estimate of drug-likeness (QED) is 0.563. The summed E-state index contributed by atoms with van der Waals surface area (Å²) < 4.78 is 25.5. The zero-order valence-electron chi connectivity index (χ0n) is 18.5. The number of ether oxygens (including phenoxy) is 2. The van der Waals surface area contributed by atoms with Crippen LogP contribution in [0.3, 0.4) is 0 Å². The fourth-order valence-corrected chi connectivity index (χ4v) is 4.36. The molecule has 0 spiro atoms. The number of esters is 1. The molecule has 0 saturated carbocycles. The maximum Gasteiger partial charge on any atom is 0.376 e. The molecule has 178 valence electrons. The molecule has 10 nitrogen and oxygen atoms in total. The van der Waals surface area contributed by atoms with E-state index in [1.165, 1.54) is 17.0 Å². The number of amides is 2. The Bertz CT molecular complexity index is 1220. The Balaban J connectivity index is 1.47. The summed E-state index contributed by atoms with van der Waals surface area (Å²) in [4.78, 5) is 39.9. The first-order valence-corrected chi connectivity index (χ1v) is 11.2. The Hall–Kier alpha value is -3.73. The number of nitrogens with two attached hydrogens (primary N) is 1. The van der Waals surface area contributed by atoms with Gasteiger partial charge >= 0.3 is 12.0 Å². The van der Waals surface area contributed by atoms with E-state index >= 15 is 0 Å². The highest BCUT2D eigenvalue weighted by molar-refractivity contribution is 5.95. The molecule has 34 heavy (non-hydrogen) atoms. The van der Waals surface area contributed by atoms with Gasteiger partial charge in [0.1, 0.15) is 17.7 Å². The summed E-state index contributed by atoms with van der Waals surface area (Å²) in [6, 6.07) is 5.93. The number of nitrogens with zero attached hydrogens (tertiary/aromatic N) is 4. The predicted octanol–water partition coefficient (Wildman–Crippen LogP) is 2.30. The number of carbonyl (C=O) groups excluding carboxylic acids is 2. The Labute approximate surface area is 194 Å². The SMILES string of the molecule is NC(=O)N1CCC(OC(=O)c2nc(-c3cc(F)cc4[nH]ccc34)cc(N3CCOCC3)n2)CC1. The first-order chi connectivity index (χ1) is 16.5. The number of benzene rings is 1. The summed E-state index contributed by atoms with van der Waals surface area (Å²) in [5.41, 5.74) is 6.93. The van der Waals surface area contributed by atoms with Gasteiger partial charge in [0.2, 0.25) is 5.82 Å². The van der Waals surface area contributed by atoms with Crippen molar-refractivity contribution in [2.45, 2.75) is 18.9 Å². The van der Waals surface area contributed by atoms with E-state index in [1.807, 2.05) is 11.0 Å². The van der Waals surface area contributed by atoms with Crippen molar-refractivity contribution < 1.29 is 23.5 Å². The fourth-order valence-electron chi connectivity index (χ4n) is 4.36. The summed E-state index contributed by atoms with van der Waals surface area (Å²) in [6.45, 7) is 3.14. The highest BCUT2D eigenvalue weighted by Crippen LogP contribution is 2.30. The van der Waals surface area contributed by atoms with Gasteiger partial charge in [0, 0.05) is 67.8 Å². The number of piperidine rings is 1. The van der Waals surface area contributed by atoms with Crippen LogP contribution >= 0.6 is 0 Å². The molecule has 2 saturated heterocycles. The molecule has 0 radical (unpaired) electrons. The molecule has 0 unspecified atom stereocenters. The highest BCUT2D eigenvalue weighted by atomic mass is 19.1. The van der Waals surface area contributed by atoms with E-state index in [0.29, 0.717) is 74.8 Å². The Morgan fingerprint density at radius 1 is 1.12 bits per heavy atom. The number of halogens is 1. The number of morpholine rings is 1. The van der Waals surface area contributed by atoms with Gasteiger partial charge in [0.05, 0.1) is 18.9 Å². The minimum Gasteiger partial charge on any atom is -0.456 e. The van der Waals surface area contributed by atoms with Crippen molar-refractivity contribution in [2.75, 3.05) is 44.3 Å². The number of urea groups is 1. The van der Waals surface area contributed by atoms with Crippen molar-refractivity contribution >= 4 is 28.7 Å². The summed E-state index contributed by atoms with van der Waals surface area (Å²) in [5, 5.41) is 0.783. The van der Waals surface area contributed by atoms with Gasteiger partial charge in [-0.05, 0) is 18.2 Å². The molecule has 5 rings (SSSR count). The van der Waals surface area contributed by atoms with E-state index < -0.39 is 17.8 Å². The fraction of sp³-hybridized carbons (Fsp3) is 0.391. The number of fused-ring (bicyclic) bond motifs is 1. The number of primary amides is 1. The molecule has 3 aromatic rings. The number of hydrogen-bond acceptors (Lipinski definition) is 7. The largest absolute Gasteiger partial charge is 0.456 e. The lowest BCUT2D eigenvalue weighted by molar-refractivity contribution is 0.0143. The molecule has 2 aliphatic rings. The van der Waals surface area contributed by atoms with Crippen molar-refractivity contribution in [3.63, 3.8) is 0 Å². The van der Waals surface area contributed by atoms with Crippen LogP contribution in [-0.4, -0.2) is 77.3 Å². The van der Waals surface area contributed by atoms with Gasteiger partial charge in [-0.1, -0.05) is 0 Å². The van der Waals surface area contributed by atoms with Crippen molar-refractivity contribution in [3.8, 4) is 11.3 Å². The molecule has 2 aliphatic heterocycles. The molecule has 0 aliphatic carbocycles. The average molecular weight is 468 g/mol. The van der Waals surface area contributed by atoms with Crippen molar-refractivity contribution in [1.82, 2.24) is 19.9 Å². The Morgan fingerprint density at radius 2 is 1.88 bits per heavy atom.